The Morgan fingerprint density at radius 1 is 0.875 bits per heavy atom. The third-order valence-electron chi connectivity index (χ3n) is 4.09. The number of aliphatic hydroxyl groups excluding tert-OH is 1. The Kier molecular flexibility index (Phi) is 13.6. The highest BCUT2D eigenvalue weighted by Crippen LogP contribution is 2.04. The SMILES string of the molecule is CSCCC(NC(=O)C(CC(=O)O)NC(=O)C(N)CCC(N)=O)C(=O)NC(CO)C(=O)O. The third kappa shape index (κ3) is 11.5. The number of primary amides is 1. The number of carbonyl (C=O) groups excluding carboxylic acids is 4. The van der Waals surface area contributed by atoms with Crippen molar-refractivity contribution in [2.45, 2.75) is 49.9 Å². The summed E-state index contributed by atoms with van der Waals surface area (Å²) in [5, 5.41) is 33.6. The molecule has 0 spiro atoms. The molecule has 0 aromatic carbocycles. The molecule has 0 radical (unpaired) electrons. The van der Waals surface area contributed by atoms with E-state index in [1.54, 1.807) is 6.26 Å². The molecule has 0 aliphatic heterocycles. The van der Waals surface area contributed by atoms with Gasteiger partial charge in [0.15, 0.2) is 0 Å². The molecule has 0 fully saturated rings. The van der Waals surface area contributed by atoms with Crippen LogP contribution in [0.5, 0.6) is 0 Å². The number of nitrogens with two attached hydrogens (primary N) is 2. The fourth-order valence-electron chi connectivity index (χ4n) is 2.33. The van der Waals surface area contributed by atoms with Crippen LogP contribution in [-0.2, 0) is 28.8 Å². The maximum atomic E-state index is 12.6. The molecule has 10 N–H and O–H groups in total. The molecule has 0 bridgehead atoms. The van der Waals surface area contributed by atoms with E-state index in [1.807, 2.05) is 0 Å². The highest BCUT2D eigenvalue weighted by Gasteiger charge is 2.31. The molecule has 0 saturated carbocycles. The van der Waals surface area contributed by atoms with Crippen LogP contribution in [0.25, 0.3) is 0 Å². The Labute approximate surface area is 187 Å². The lowest BCUT2D eigenvalue weighted by molar-refractivity contribution is -0.144. The highest BCUT2D eigenvalue weighted by atomic mass is 32.2. The predicted molar refractivity (Wildman–Crippen MR) is 112 cm³/mol. The van der Waals surface area contributed by atoms with Gasteiger partial charge in [-0.15, -0.1) is 0 Å². The number of amides is 4. The molecule has 4 unspecified atom stereocenters. The molecular weight excluding hydrogens is 450 g/mol. The highest BCUT2D eigenvalue weighted by molar-refractivity contribution is 7.98. The number of aliphatic carboxylic acids is 2. The largest absolute Gasteiger partial charge is 0.481 e. The number of carbonyl (C=O) groups is 6. The Morgan fingerprint density at radius 3 is 1.88 bits per heavy atom. The van der Waals surface area contributed by atoms with Gasteiger partial charge in [0.1, 0.15) is 18.1 Å². The van der Waals surface area contributed by atoms with Gasteiger partial charge in [0.2, 0.25) is 23.6 Å². The minimum absolute atomic E-state index is 0.0579. The van der Waals surface area contributed by atoms with E-state index in [0.29, 0.717) is 5.75 Å². The first-order valence-corrected chi connectivity index (χ1v) is 10.8. The molecule has 0 aromatic heterocycles. The molecule has 4 atom stereocenters. The summed E-state index contributed by atoms with van der Waals surface area (Å²) in [5.74, 6) is -6.05. The topological polar surface area (TPSA) is 251 Å². The van der Waals surface area contributed by atoms with Crippen molar-refractivity contribution in [1.29, 1.82) is 0 Å². The molecule has 0 heterocycles. The second kappa shape index (κ2) is 15.0. The molecule has 4 amide bonds. The van der Waals surface area contributed by atoms with E-state index in [0.717, 1.165) is 0 Å². The lowest BCUT2D eigenvalue weighted by atomic mass is 10.1. The summed E-state index contributed by atoms with van der Waals surface area (Å²) in [6, 6.07) is -5.70. The Bertz CT molecular complexity index is 706. The van der Waals surface area contributed by atoms with Gasteiger partial charge < -0.3 is 42.7 Å². The van der Waals surface area contributed by atoms with Crippen molar-refractivity contribution in [3.8, 4) is 0 Å². The number of aliphatic hydroxyl groups is 1. The lowest BCUT2D eigenvalue weighted by Crippen LogP contribution is -2.58. The van der Waals surface area contributed by atoms with Gasteiger partial charge in [-0.3, -0.25) is 24.0 Å². The van der Waals surface area contributed by atoms with Gasteiger partial charge in [-0.25, -0.2) is 4.79 Å². The molecule has 182 valence electrons. The Balaban J connectivity index is 5.36. The summed E-state index contributed by atoms with van der Waals surface area (Å²) in [6.45, 7) is -0.884. The summed E-state index contributed by atoms with van der Waals surface area (Å²) in [7, 11) is 0. The molecule has 15 heteroatoms. The smallest absolute Gasteiger partial charge is 0.328 e. The van der Waals surface area contributed by atoms with Gasteiger partial charge in [0, 0.05) is 6.42 Å². The average Bonchev–Trinajstić information content (AvgIpc) is 2.71. The van der Waals surface area contributed by atoms with Crippen LogP contribution in [0.4, 0.5) is 0 Å². The number of thioether (sulfide) groups is 1. The molecule has 0 aliphatic carbocycles. The normalized spacial score (nSPS) is 14.3. The average molecular weight is 480 g/mol. The quantitative estimate of drug-likeness (QED) is 0.107. The van der Waals surface area contributed by atoms with Crippen LogP contribution < -0.4 is 27.4 Å². The van der Waals surface area contributed by atoms with E-state index in [4.69, 9.17) is 26.8 Å². The number of hydrogen-bond donors (Lipinski definition) is 8. The van der Waals surface area contributed by atoms with Crippen molar-refractivity contribution in [2.75, 3.05) is 18.6 Å². The van der Waals surface area contributed by atoms with E-state index in [-0.39, 0.29) is 19.3 Å². The van der Waals surface area contributed by atoms with Gasteiger partial charge >= 0.3 is 11.9 Å². The lowest BCUT2D eigenvalue weighted by Gasteiger charge is -2.24. The third-order valence-corrected chi connectivity index (χ3v) is 4.73. The van der Waals surface area contributed by atoms with Gasteiger partial charge in [0.25, 0.3) is 0 Å². The maximum absolute atomic E-state index is 12.6. The van der Waals surface area contributed by atoms with Gasteiger partial charge in [-0.1, -0.05) is 0 Å². The molecule has 0 aliphatic rings. The second-order valence-corrected chi connectivity index (χ2v) is 7.68. The molecular formula is C17H29N5O9S. The van der Waals surface area contributed by atoms with Crippen molar-refractivity contribution in [1.82, 2.24) is 16.0 Å². The van der Waals surface area contributed by atoms with E-state index >= 15 is 0 Å². The van der Waals surface area contributed by atoms with Crippen molar-refractivity contribution in [3.05, 3.63) is 0 Å². The van der Waals surface area contributed by atoms with Crippen molar-refractivity contribution in [3.63, 3.8) is 0 Å². The summed E-state index contributed by atoms with van der Waals surface area (Å²) < 4.78 is 0. The zero-order chi connectivity index (χ0) is 24.8. The number of rotatable bonds is 16. The van der Waals surface area contributed by atoms with Crippen LogP contribution >= 0.6 is 11.8 Å². The van der Waals surface area contributed by atoms with Crippen LogP contribution in [0.2, 0.25) is 0 Å². The molecule has 0 aromatic rings. The molecule has 0 saturated heterocycles. The zero-order valence-electron chi connectivity index (χ0n) is 17.4. The van der Waals surface area contributed by atoms with Crippen molar-refractivity contribution in [2.24, 2.45) is 11.5 Å². The van der Waals surface area contributed by atoms with Gasteiger partial charge in [-0.05, 0) is 24.9 Å². The standard InChI is InChI=1S/C17H29N5O9S/c1-32-5-4-9(15(28)22-11(7-23)17(30)31)20-16(29)10(6-13(25)26)21-14(27)8(18)2-3-12(19)24/h8-11,23H,2-7,18H2,1H3,(H2,19,24)(H,20,29)(H,21,27)(H,22,28)(H,25,26)(H,30,31). The van der Waals surface area contributed by atoms with Crippen LogP contribution in [0.3, 0.4) is 0 Å². The maximum Gasteiger partial charge on any atom is 0.328 e. The van der Waals surface area contributed by atoms with E-state index in [1.165, 1.54) is 11.8 Å². The Hall–Kier alpha value is -2.91. The summed E-state index contributed by atoms with van der Waals surface area (Å²) in [4.78, 5) is 70.1. The summed E-state index contributed by atoms with van der Waals surface area (Å²) >= 11 is 1.33. The van der Waals surface area contributed by atoms with E-state index < -0.39 is 72.8 Å². The molecule has 14 nitrogen and oxygen atoms in total. The first-order valence-electron chi connectivity index (χ1n) is 9.42. The van der Waals surface area contributed by atoms with Crippen LogP contribution in [0, 0.1) is 0 Å². The minimum atomic E-state index is -1.60. The van der Waals surface area contributed by atoms with Crippen molar-refractivity contribution >= 4 is 47.3 Å². The first kappa shape index (κ1) is 29.1. The number of nitrogens with one attached hydrogen (secondary N) is 3. The summed E-state index contributed by atoms with van der Waals surface area (Å²) in [6.07, 6.45) is 0.634. The number of hydrogen-bond acceptors (Lipinski definition) is 9. The fourth-order valence-corrected chi connectivity index (χ4v) is 2.80. The van der Waals surface area contributed by atoms with Crippen LogP contribution in [-0.4, -0.2) is 93.7 Å². The Morgan fingerprint density at radius 2 is 1.41 bits per heavy atom. The van der Waals surface area contributed by atoms with Gasteiger partial charge in [-0.2, -0.15) is 11.8 Å². The predicted octanol–water partition coefficient (Wildman–Crippen LogP) is -3.66. The fraction of sp³-hybridized carbons (Fsp3) is 0.647. The summed E-state index contributed by atoms with van der Waals surface area (Å²) in [5.41, 5.74) is 10.6. The zero-order valence-corrected chi connectivity index (χ0v) is 18.2. The first-order chi connectivity index (χ1) is 14.9. The molecule has 0 rings (SSSR count). The van der Waals surface area contributed by atoms with E-state index in [9.17, 15) is 28.8 Å². The van der Waals surface area contributed by atoms with Crippen LogP contribution in [0.15, 0.2) is 0 Å². The van der Waals surface area contributed by atoms with Crippen LogP contribution in [0.1, 0.15) is 25.7 Å². The minimum Gasteiger partial charge on any atom is -0.481 e. The van der Waals surface area contributed by atoms with Gasteiger partial charge in [0.05, 0.1) is 19.1 Å². The number of carboxylic acid groups (broad SMARTS) is 2. The van der Waals surface area contributed by atoms with Crippen molar-refractivity contribution < 1.29 is 44.1 Å². The van der Waals surface area contributed by atoms with E-state index in [2.05, 4.69) is 16.0 Å². The molecule has 32 heavy (non-hydrogen) atoms. The second-order valence-electron chi connectivity index (χ2n) is 6.70. The number of carboxylic acids is 2. The monoisotopic (exact) mass is 479 g/mol.